The van der Waals surface area contributed by atoms with Gasteiger partial charge in [0.2, 0.25) is 5.91 Å². The largest absolute Gasteiger partial charge is 0.481 e. The first-order chi connectivity index (χ1) is 9.38. The van der Waals surface area contributed by atoms with E-state index >= 15 is 0 Å². The van der Waals surface area contributed by atoms with Gasteiger partial charge in [0.15, 0.2) is 0 Å². The van der Waals surface area contributed by atoms with Gasteiger partial charge in [-0.1, -0.05) is 6.92 Å². The number of carbonyl (C=O) groups is 2. The Morgan fingerprint density at radius 3 is 2.85 bits per heavy atom. The Balaban J connectivity index is 2.32. The Bertz CT molecular complexity index is 499. The van der Waals surface area contributed by atoms with Crippen LogP contribution in [0.2, 0.25) is 0 Å². The van der Waals surface area contributed by atoms with Crippen molar-refractivity contribution >= 4 is 17.7 Å². The summed E-state index contributed by atoms with van der Waals surface area (Å²) in [5.41, 5.74) is 0. The predicted molar refractivity (Wildman–Crippen MR) is 67.9 cm³/mol. The fourth-order valence-electron chi connectivity index (χ4n) is 1.50. The molecule has 0 saturated carbocycles. The van der Waals surface area contributed by atoms with Gasteiger partial charge in [0.05, 0.1) is 17.4 Å². The first kappa shape index (κ1) is 15.6. The number of hydrogen-bond donors (Lipinski definition) is 2. The molecule has 20 heavy (non-hydrogen) atoms. The van der Waals surface area contributed by atoms with Gasteiger partial charge in [-0.05, 0) is 17.3 Å². The van der Waals surface area contributed by atoms with Crippen molar-refractivity contribution in [1.82, 2.24) is 15.1 Å². The van der Waals surface area contributed by atoms with Crippen LogP contribution < -0.4 is 5.32 Å². The van der Waals surface area contributed by atoms with Crippen LogP contribution in [0.25, 0.3) is 0 Å². The summed E-state index contributed by atoms with van der Waals surface area (Å²) < 4.78 is 1.18. The number of nitrogens with one attached hydrogen (secondary N) is 1. The molecule has 0 aliphatic carbocycles. The van der Waals surface area contributed by atoms with Gasteiger partial charge in [-0.15, -0.1) is 0 Å². The third-order valence-corrected chi connectivity index (χ3v) is 2.62. The number of aromatic nitrogens is 2. The number of rotatable bonds is 8. The predicted octanol–water partition coefficient (Wildman–Crippen LogP) is 0.408. The molecule has 0 radical (unpaired) electrons. The van der Waals surface area contributed by atoms with Gasteiger partial charge in [-0.25, -0.2) is 0 Å². The molecule has 110 valence electrons. The number of nitro groups is 1. The maximum Gasteiger partial charge on any atom is 0.389 e. The zero-order valence-electron chi connectivity index (χ0n) is 11.0. The third kappa shape index (κ3) is 5.46. The van der Waals surface area contributed by atoms with Crippen molar-refractivity contribution in [3.63, 3.8) is 0 Å². The minimum absolute atomic E-state index is 0.0435. The first-order valence-corrected chi connectivity index (χ1v) is 6.05. The van der Waals surface area contributed by atoms with Crippen LogP contribution in [0, 0.1) is 16.0 Å². The fourth-order valence-corrected chi connectivity index (χ4v) is 1.50. The monoisotopic (exact) mass is 284 g/mol. The Morgan fingerprint density at radius 1 is 1.60 bits per heavy atom. The molecule has 9 heteroatoms. The lowest BCUT2D eigenvalue weighted by Gasteiger charge is -2.10. The lowest BCUT2D eigenvalue weighted by atomic mass is 10.1. The van der Waals surface area contributed by atoms with Gasteiger partial charge in [-0.2, -0.15) is 4.68 Å². The first-order valence-electron chi connectivity index (χ1n) is 6.05. The molecule has 0 aliphatic rings. The van der Waals surface area contributed by atoms with Crippen molar-refractivity contribution in [1.29, 1.82) is 0 Å². The maximum atomic E-state index is 11.6. The quantitative estimate of drug-likeness (QED) is 0.525. The lowest BCUT2D eigenvalue weighted by molar-refractivity contribution is -0.389. The summed E-state index contributed by atoms with van der Waals surface area (Å²) in [6.07, 6.45) is 1.89. The van der Waals surface area contributed by atoms with Gasteiger partial charge in [0.1, 0.15) is 6.54 Å². The number of carbonyl (C=O) groups excluding carboxylic acids is 1. The Morgan fingerprint density at radius 2 is 2.30 bits per heavy atom. The van der Waals surface area contributed by atoms with E-state index in [1.807, 2.05) is 6.92 Å². The standard InChI is InChI=1S/C11H16N4O5/c1-8(2-3-11(17)18)6-12-10(16)7-14-5-4-9(13-14)15(19)20/h4-5,8H,2-3,6-7H2,1H3,(H,12,16)(H,17,18). The van der Waals surface area contributed by atoms with Crippen LogP contribution in [0.1, 0.15) is 19.8 Å². The number of carboxylic acid groups (broad SMARTS) is 1. The highest BCUT2D eigenvalue weighted by atomic mass is 16.6. The molecule has 1 heterocycles. The number of nitrogens with zero attached hydrogens (tertiary/aromatic N) is 3. The van der Waals surface area contributed by atoms with E-state index in [2.05, 4.69) is 10.4 Å². The molecular formula is C11H16N4O5. The molecule has 1 aromatic heterocycles. The van der Waals surface area contributed by atoms with E-state index in [-0.39, 0.29) is 30.6 Å². The van der Waals surface area contributed by atoms with E-state index in [9.17, 15) is 19.7 Å². The van der Waals surface area contributed by atoms with E-state index in [0.29, 0.717) is 13.0 Å². The Hall–Kier alpha value is -2.45. The summed E-state index contributed by atoms with van der Waals surface area (Å²) in [4.78, 5) is 31.7. The second-order valence-corrected chi connectivity index (χ2v) is 4.47. The summed E-state index contributed by atoms with van der Waals surface area (Å²) in [5.74, 6) is -1.47. The van der Waals surface area contributed by atoms with Crippen LogP contribution in [-0.4, -0.2) is 38.2 Å². The Labute approximate surface area is 114 Å². The summed E-state index contributed by atoms with van der Waals surface area (Å²) >= 11 is 0. The minimum atomic E-state index is -0.868. The zero-order chi connectivity index (χ0) is 15.1. The van der Waals surface area contributed by atoms with E-state index in [0.717, 1.165) is 0 Å². The third-order valence-electron chi connectivity index (χ3n) is 2.62. The molecule has 0 saturated heterocycles. The molecular weight excluding hydrogens is 268 g/mol. The van der Waals surface area contributed by atoms with Crippen LogP contribution in [0.15, 0.2) is 12.3 Å². The maximum absolute atomic E-state index is 11.6. The number of carboxylic acids is 1. The van der Waals surface area contributed by atoms with Crippen molar-refractivity contribution < 1.29 is 19.6 Å². The normalized spacial score (nSPS) is 11.8. The van der Waals surface area contributed by atoms with Gasteiger partial charge >= 0.3 is 11.8 Å². The minimum Gasteiger partial charge on any atom is -0.481 e. The molecule has 0 fully saturated rings. The topological polar surface area (TPSA) is 127 Å². The highest BCUT2D eigenvalue weighted by Crippen LogP contribution is 2.05. The van der Waals surface area contributed by atoms with E-state index < -0.39 is 10.9 Å². The van der Waals surface area contributed by atoms with Gasteiger partial charge < -0.3 is 20.5 Å². The molecule has 9 nitrogen and oxygen atoms in total. The molecule has 1 amide bonds. The second-order valence-electron chi connectivity index (χ2n) is 4.47. The van der Waals surface area contributed by atoms with Crippen molar-refractivity contribution in [2.45, 2.75) is 26.3 Å². The molecule has 0 spiro atoms. The molecule has 0 aromatic carbocycles. The smallest absolute Gasteiger partial charge is 0.389 e. The number of amides is 1. The molecule has 1 unspecified atom stereocenters. The van der Waals surface area contributed by atoms with Gasteiger partial charge in [0.25, 0.3) is 0 Å². The van der Waals surface area contributed by atoms with Crippen LogP contribution in [0.5, 0.6) is 0 Å². The molecule has 2 N–H and O–H groups in total. The molecule has 0 bridgehead atoms. The van der Waals surface area contributed by atoms with Gasteiger partial charge in [0, 0.05) is 13.0 Å². The summed E-state index contributed by atoms with van der Waals surface area (Å²) in [7, 11) is 0. The van der Waals surface area contributed by atoms with E-state index in [1.165, 1.54) is 16.9 Å². The van der Waals surface area contributed by atoms with Crippen molar-refractivity contribution in [2.24, 2.45) is 5.92 Å². The summed E-state index contributed by atoms with van der Waals surface area (Å²) in [5, 5.41) is 25.2. The zero-order valence-corrected chi connectivity index (χ0v) is 11.0. The second kappa shape index (κ2) is 7.22. The average molecular weight is 284 g/mol. The van der Waals surface area contributed by atoms with Crippen LogP contribution in [-0.2, 0) is 16.1 Å². The molecule has 1 atom stereocenters. The summed E-state index contributed by atoms with van der Waals surface area (Å²) in [6, 6.07) is 1.21. The summed E-state index contributed by atoms with van der Waals surface area (Å²) in [6.45, 7) is 2.08. The van der Waals surface area contributed by atoms with Crippen LogP contribution in [0.3, 0.4) is 0 Å². The van der Waals surface area contributed by atoms with Crippen LogP contribution in [0.4, 0.5) is 5.82 Å². The molecule has 1 rings (SSSR count). The van der Waals surface area contributed by atoms with Gasteiger partial charge in [-0.3, -0.25) is 9.59 Å². The SMILES string of the molecule is CC(CCC(=O)O)CNC(=O)Cn1ccc([N+](=O)[O-])n1. The number of aliphatic carboxylic acids is 1. The van der Waals surface area contributed by atoms with Crippen molar-refractivity contribution in [3.8, 4) is 0 Å². The highest BCUT2D eigenvalue weighted by Gasteiger charge is 2.14. The highest BCUT2D eigenvalue weighted by molar-refractivity contribution is 5.75. The van der Waals surface area contributed by atoms with Crippen LogP contribution >= 0.6 is 0 Å². The van der Waals surface area contributed by atoms with Crippen molar-refractivity contribution in [2.75, 3.05) is 6.54 Å². The van der Waals surface area contributed by atoms with E-state index in [4.69, 9.17) is 5.11 Å². The number of hydrogen-bond acceptors (Lipinski definition) is 5. The fraction of sp³-hybridized carbons (Fsp3) is 0.545. The molecule has 0 aliphatic heterocycles. The molecule has 1 aromatic rings. The Kier molecular flexibility index (Phi) is 5.63. The van der Waals surface area contributed by atoms with E-state index in [1.54, 1.807) is 0 Å². The average Bonchev–Trinajstić information content (AvgIpc) is 2.82. The lowest BCUT2D eigenvalue weighted by Crippen LogP contribution is -2.31. The van der Waals surface area contributed by atoms with Crippen molar-refractivity contribution in [3.05, 3.63) is 22.4 Å².